The fraction of sp³-hybridized carbons (Fsp3) is 0.294. The van der Waals surface area contributed by atoms with Crippen molar-refractivity contribution in [1.29, 1.82) is 0 Å². The van der Waals surface area contributed by atoms with Crippen molar-refractivity contribution in [3.05, 3.63) is 54.0 Å². The van der Waals surface area contributed by atoms with Crippen molar-refractivity contribution in [2.24, 2.45) is 0 Å². The molecular formula is C17H19FN4O2. The first-order valence-corrected chi connectivity index (χ1v) is 7.79. The number of amides is 2. The van der Waals surface area contributed by atoms with Crippen LogP contribution in [-0.2, 0) is 11.3 Å². The van der Waals surface area contributed by atoms with Crippen molar-refractivity contribution in [2.75, 3.05) is 36.5 Å². The molecule has 0 atom stereocenters. The number of nitrogens with zero attached hydrogens (tertiary/aromatic N) is 2. The van der Waals surface area contributed by atoms with Crippen LogP contribution in [0.15, 0.2) is 42.6 Å². The minimum Gasteiger partial charge on any atom is -0.378 e. The SMILES string of the molecule is O=C(NCc1ccnc(N2CCOCC2)c1)Nc1cccc(F)c1. The van der Waals surface area contributed by atoms with E-state index in [9.17, 15) is 9.18 Å². The molecule has 1 aromatic heterocycles. The lowest BCUT2D eigenvalue weighted by atomic mass is 10.2. The number of carbonyl (C=O) groups is 1. The molecule has 1 fully saturated rings. The molecule has 0 spiro atoms. The molecule has 0 bridgehead atoms. The highest BCUT2D eigenvalue weighted by Crippen LogP contribution is 2.14. The molecule has 126 valence electrons. The molecule has 0 radical (unpaired) electrons. The summed E-state index contributed by atoms with van der Waals surface area (Å²) in [5, 5.41) is 5.35. The molecule has 2 aromatic rings. The summed E-state index contributed by atoms with van der Waals surface area (Å²) in [5.74, 6) is 0.486. The first-order valence-electron chi connectivity index (χ1n) is 7.79. The van der Waals surface area contributed by atoms with Gasteiger partial charge in [0.1, 0.15) is 11.6 Å². The molecule has 3 rings (SSSR count). The van der Waals surface area contributed by atoms with Crippen LogP contribution in [0.1, 0.15) is 5.56 Å². The van der Waals surface area contributed by atoms with Crippen molar-refractivity contribution < 1.29 is 13.9 Å². The van der Waals surface area contributed by atoms with Crippen LogP contribution in [-0.4, -0.2) is 37.3 Å². The van der Waals surface area contributed by atoms with Crippen LogP contribution >= 0.6 is 0 Å². The molecule has 2 amide bonds. The Kier molecular flexibility index (Phi) is 5.22. The van der Waals surface area contributed by atoms with Gasteiger partial charge in [-0.25, -0.2) is 14.2 Å². The summed E-state index contributed by atoms with van der Waals surface area (Å²) in [4.78, 5) is 18.4. The molecule has 0 saturated carbocycles. The Bertz CT molecular complexity index is 704. The van der Waals surface area contributed by atoms with E-state index in [4.69, 9.17) is 4.74 Å². The van der Waals surface area contributed by atoms with Gasteiger partial charge in [0, 0.05) is 31.5 Å². The van der Waals surface area contributed by atoms with E-state index in [1.807, 2.05) is 12.1 Å². The zero-order valence-corrected chi connectivity index (χ0v) is 13.2. The van der Waals surface area contributed by atoms with Gasteiger partial charge in [-0.2, -0.15) is 0 Å². The van der Waals surface area contributed by atoms with Crippen LogP contribution < -0.4 is 15.5 Å². The van der Waals surface area contributed by atoms with E-state index in [2.05, 4.69) is 20.5 Å². The zero-order valence-electron chi connectivity index (χ0n) is 13.2. The number of rotatable bonds is 4. The van der Waals surface area contributed by atoms with Crippen LogP contribution in [0.3, 0.4) is 0 Å². The lowest BCUT2D eigenvalue weighted by Gasteiger charge is -2.28. The van der Waals surface area contributed by atoms with Crippen molar-refractivity contribution in [3.8, 4) is 0 Å². The molecular weight excluding hydrogens is 311 g/mol. The Balaban J connectivity index is 1.55. The molecule has 7 heteroatoms. The summed E-state index contributed by atoms with van der Waals surface area (Å²) in [6.45, 7) is 3.37. The summed E-state index contributed by atoms with van der Waals surface area (Å²) in [6.07, 6.45) is 1.73. The van der Waals surface area contributed by atoms with Gasteiger partial charge in [0.05, 0.1) is 13.2 Å². The molecule has 0 aliphatic carbocycles. The highest BCUT2D eigenvalue weighted by Gasteiger charge is 2.12. The second kappa shape index (κ2) is 7.74. The van der Waals surface area contributed by atoms with Gasteiger partial charge in [-0.1, -0.05) is 6.07 Å². The van der Waals surface area contributed by atoms with E-state index in [1.165, 1.54) is 12.1 Å². The van der Waals surface area contributed by atoms with Crippen LogP contribution in [0.5, 0.6) is 0 Å². The molecule has 0 unspecified atom stereocenters. The second-order valence-electron chi connectivity index (χ2n) is 5.44. The summed E-state index contributed by atoms with van der Waals surface area (Å²) in [5.41, 5.74) is 1.36. The van der Waals surface area contributed by atoms with Gasteiger partial charge in [0.2, 0.25) is 0 Å². The van der Waals surface area contributed by atoms with E-state index in [1.54, 1.807) is 18.3 Å². The monoisotopic (exact) mass is 330 g/mol. The molecule has 24 heavy (non-hydrogen) atoms. The topological polar surface area (TPSA) is 66.5 Å². The third-order valence-corrected chi connectivity index (χ3v) is 3.68. The van der Waals surface area contributed by atoms with Crippen LogP contribution in [0.2, 0.25) is 0 Å². The van der Waals surface area contributed by atoms with E-state index in [0.717, 1.165) is 24.5 Å². The van der Waals surface area contributed by atoms with Crippen molar-refractivity contribution >= 4 is 17.5 Å². The summed E-state index contributed by atoms with van der Waals surface area (Å²) in [7, 11) is 0. The smallest absolute Gasteiger partial charge is 0.319 e. The summed E-state index contributed by atoms with van der Waals surface area (Å²) in [6, 6.07) is 9.19. The van der Waals surface area contributed by atoms with E-state index in [-0.39, 0.29) is 6.03 Å². The van der Waals surface area contributed by atoms with Gasteiger partial charge in [-0.15, -0.1) is 0 Å². The van der Waals surface area contributed by atoms with Gasteiger partial charge in [-0.05, 0) is 35.9 Å². The number of anilines is 2. The fourth-order valence-corrected chi connectivity index (χ4v) is 2.46. The number of nitrogens with one attached hydrogen (secondary N) is 2. The van der Waals surface area contributed by atoms with Gasteiger partial charge >= 0.3 is 6.03 Å². The number of pyridine rings is 1. The number of hydrogen-bond donors (Lipinski definition) is 2. The molecule has 1 aliphatic heterocycles. The van der Waals surface area contributed by atoms with E-state index >= 15 is 0 Å². The Morgan fingerprint density at radius 3 is 2.88 bits per heavy atom. The lowest BCUT2D eigenvalue weighted by Crippen LogP contribution is -2.36. The van der Waals surface area contributed by atoms with Crippen LogP contribution in [0.4, 0.5) is 20.7 Å². The fourth-order valence-electron chi connectivity index (χ4n) is 2.46. The highest BCUT2D eigenvalue weighted by molar-refractivity contribution is 5.89. The average Bonchev–Trinajstić information content (AvgIpc) is 2.61. The molecule has 1 saturated heterocycles. The Labute approximate surface area is 139 Å². The number of ether oxygens (including phenoxy) is 1. The number of urea groups is 1. The molecule has 2 N–H and O–H groups in total. The maximum Gasteiger partial charge on any atom is 0.319 e. The van der Waals surface area contributed by atoms with Crippen molar-refractivity contribution in [1.82, 2.24) is 10.3 Å². The van der Waals surface area contributed by atoms with Crippen molar-refractivity contribution in [3.63, 3.8) is 0 Å². The average molecular weight is 330 g/mol. The maximum atomic E-state index is 13.1. The molecule has 1 aromatic carbocycles. The number of benzene rings is 1. The number of aromatic nitrogens is 1. The van der Waals surface area contributed by atoms with Gasteiger partial charge in [0.25, 0.3) is 0 Å². The number of morpholine rings is 1. The first kappa shape index (κ1) is 16.2. The standard InChI is InChI=1S/C17H19FN4O2/c18-14-2-1-3-15(11-14)21-17(23)20-12-13-4-5-19-16(10-13)22-6-8-24-9-7-22/h1-5,10-11H,6-9,12H2,(H2,20,21,23). The first-order chi connectivity index (χ1) is 11.7. The number of carbonyl (C=O) groups excluding carboxylic acids is 1. The maximum absolute atomic E-state index is 13.1. The lowest BCUT2D eigenvalue weighted by molar-refractivity contribution is 0.122. The normalized spacial score (nSPS) is 14.3. The zero-order chi connectivity index (χ0) is 16.8. The number of hydrogen-bond acceptors (Lipinski definition) is 4. The van der Waals surface area contributed by atoms with Crippen LogP contribution in [0, 0.1) is 5.82 Å². The molecule has 2 heterocycles. The van der Waals surface area contributed by atoms with Gasteiger partial charge < -0.3 is 20.3 Å². The third kappa shape index (κ3) is 4.42. The number of halogens is 1. The largest absolute Gasteiger partial charge is 0.378 e. The molecule has 6 nitrogen and oxygen atoms in total. The van der Waals surface area contributed by atoms with Crippen LogP contribution in [0.25, 0.3) is 0 Å². The predicted molar refractivity (Wildman–Crippen MR) is 89.5 cm³/mol. The second-order valence-corrected chi connectivity index (χ2v) is 5.44. The minimum absolute atomic E-state index is 0.362. The molecule has 1 aliphatic rings. The quantitative estimate of drug-likeness (QED) is 0.903. The Morgan fingerprint density at radius 2 is 2.08 bits per heavy atom. The minimum atomic E-state index is -0.392. The highest BCUT2D eigenvalue weighted by atomic mass is 19.1. The van der Waals surface area contributed by atoms with Gasteiger partial charge in [0.15, 0.2) is 0 Å². The third-order valence-electron chi connectivity index (χ3n) is 3.68. The van der Waals surface area contributed by atoms with Gasteiger partial charge in [-0.3, -0.25) is 0 Å². The summed E-state index contributed by atoms with van der Waals surface area (Å²) < 4.78 is 18.4. The summed E-state index contributed by atoms with van der Waals surface area (Å²) >= 11 is 0. The van der Waals surface area contributed by atoms with E-state index in [0.29, 0.717) is 25.4 Å². The van der Waals surface area contributed by atoms with E-state index < -0.39 is 5.82 Å². The Morgan fingerprint density at radius 1 is 1.25 bits per heavy atom. The van der Waals surface area contributed by atoms with Crippen molar-refractivity contribution in [2.45, 2.75) is 6.54 Å². The predicted octanol–water partition coefficient (Wildman–Crippen LogP) is 2.38. The Hall–Kier alpha value is -2.67.